The standard InChI is InChI=1S/C22H27N3O/c26-15-19-8-6-18(7-9-19)12-21-13-20-14-23-16-24-22(20)25(21)11-10-17-4-2-1-3-5-17/h6-9,13-14,16-17,26H,1-5,10-12,15H2. The van der Waals surface area contributed by atoms with E-state index in [1.54, 1.807) is 6.33 Å². The van der Waals surface area contributed by atoms with Crippen LogP contribution in [-0.2, 0) is 19.6 Å². The van der Waals surface area contributed by atoms with E-state index in [2.05, 4.69) is 32.7 Å². The molecule has 0 saturated heterocycles. The van der Waals surface area contributed by atoms with Crippen molar-refractivity contribution in [2.75, 3.05) is 0 Å². The summed E-state index contributed by atoms with van der Waals surface area (Å²) in [6.45, 7) is 1.13. The van der Waals surface area contributed by atoms with E-state index in [1.165, 1.54) is 49.8 Å². The van der Waals surface area contributed by atoms with Gasteiger partial charge in [0.15, 0.2) is 0 Å². The Morgan fingerprint density at radius 3 is 2.58 bits per heavy atom. The number of aryl methyl sites for hydroxylation is 1. The van der Waals surface area contributed by atoms with Gasteiger partial charge in [0.2, 0.25) is 0 Å². The number of hydrogen-bond donors (Lipinski definition) is 1. The Labute approximate surface area is 154 Å². The number of hydrogen-bond acceptors (Lipinski definition) is 3. The van der Waals surface area contributed by atoms with Crippen LogP contribution in [0.3, 0.4) is 0 Å². The van der Waals surface area contributed by atoms with E-state index in [0.29, 0.717) is 0 Å². The van der Waals surface area contributed by atoms with Gasteiger partial charge in [-0.2, -0.15) is 0 Å². The molecule has 0 radical (unpaired) electrons. The quantitative estimate of drug-likeness (QED) is 0.713. The molecule has 0 unspecified atom stereocenters. The van der Waals surface area contributed by atoms with Gasteiger partial charge in [-0.05, 0) is 29.5 Å². The highest BCUT2D eigenvalue weighted by Crippen LogP contribution is 2.28. The predicted octanol–water partition coefficient (Wildman–Crippen LogP) is 4.48. The number of benzene rings is 1. The Morgan fingerprint density at radius 2 is 1.81 bits per heavy atom. The lowest BCUT2D eigenvalue weighted by atomic mass is 9.87. The van der Waals surface area contributed by atoms with Crippen molar-refractivity contribution in [3.05, 3.63) is 59.7 Å². The first kappa shape index (κ1) is 17.2. The lowest BCUT2D eigenvalue weighted by Crippen LogP contribution is -2.12. The SMILES string of the molecule is OCc1ccc(Cc2cc3cncnc3n2CCC2CCCCC2)cc1. The molecule has 0 atom stereocenters. The van der Waals surface area contributed by atoms with Gasteiger partial charge in [-0.15, -0.1) is 0 Å². The minimum Gasteiger partial charge on any atom is -0.392 e. The lowest BCUT2D eigenvalue weighted by molar-refractivity contribution is 0.282. The predicted molar refractivity (Wildman–Crippen MR) is 104 cm³/mol. The number of fused-ring (bicyclic) bond motifs is 1. The fourth-order valence-electron chi connectivity index (χ4n) is 4.21. The number of nitrogens with zero attached hydrogens (tertiary/aromatic N) is 3. The van der Waals surface area contributed by atoms with Crippen LogP contribution in [0, 0.1) is 5.92 Å². The van der Waals surface area contributed by atoms with E-state index in [-0.39, 0.29) is 6.61 Å². The Bertz CT molecular complexity index is 847. The summed E-state index contributed by atoms with van der Waals surface area (Å²) in [5.41, 5.74) is 4.57. The van der Waals surface area contributed by atoms with Gasteiger partial charge in [-0.1, -0.05) is 56.4 Å². The molecule has 0 amide bonds. The van der Waals surface area contributed by atoms with Crippen molar-refractivity contribution in [1.29, 1.82) is 0 Å². The van der Waals surface area contributed by atoms with Crippen LogP contribution in [0.25, 0.3) is 11.0 Å². The molecular weight excluding hydrogens is 322 g/mol. The monoisotopic (exact) mass is 349 g/mol. The smallest absolute Gasteiger partial charge is 0.143 e. The first-order valence-electron chi connectivity index (χ1n) is 9.80. The maximum absolute atomic E-state index is 9.23. The average molecular weight is 349 g/mol. The second-order valence-corrected chi connectivity index (χ2v) is 7.53. The summed E-state index contributed by atoms with van der Waals surface area (Å²) in [7, 11) is 0. The van der Waals surface area contributed by atoms with Gasteiger partial charge in [-0.25, -0.2) is 9.97 Å². The first-order chi connectivity index (χ1) is 12.8. The third-order valence-corrected chi connectivity index (χ3v) is 5.72. The largest absolute Gasteiger partial charge is 0.392 e. The van der Waals surface area contributed by atoms with Crippen LogP contribution in [0.15, 0.2) is 42.9 Å². The Hall–Kier alpha value is -2.20. The molecule has 3 aromatic rings. The molecule has 0 aliphatic heterocycles. The highest BCUT2D eigenvalue weighted by Gasteiger charge is 2.16. The van der Waals surface area contributed by atoms with Crippen LogP contribution in [0.4, 0.5) is 0 Å². The van der Waals surface area contributed by atoms with E-state index in [1.807, 2.05) is 18.3 Å². The molecule has 1 fully saturated rings. The third-order valence-electron chi connectivity index (χ3n) is 5.72. The van der Waals surface area contributed by atoms with Crippen molar-refractivity contribution in [3.8, 4) is 0 Å². The first-order valence-corrected chi connectivity index (χ1v) is 9.80. The zero-order chi connectivity index (χ0) is 17.8. The Morgan fingerprint density at radius 1 is 1.04 bits per heavy atom. The van der Waals surface area contributed by atoms with Crippen LogP contribution < -0.4 is 0 Å². The summed E-state index contributed by atoms with van der Waals surface area (Å²) in [6.07, 6.45) is 12.6. The molecule has 2 aromatic heterocycles. The Balaban J connectivity index is 1.57. The average Bonchev–Trinajstić information content (AvgIpc) is 3.05. The van der Waals surface area contributed by atoms with Crippen molar-refractivity contribution in [2.45, 2.75) is 58.1 Å². The summed E-state index contributed by atoms with van der Waals surface area (Å²) in [5.74, 6) is 0.861. The highest BCUT2D eigenvalue weighted by molar-refractivity contribution is 5.76. The second-order valence-electron chi connectivity index (χ2n) is 7.53. The van der Waals surface area contributed by atoms with Crippen molar-refractivity contribution in [2.24, 2.45) is 5.92 Å². The molecular formula is C22H27N3O. The van der Waals surface area contributed by atoms with Gasteiger partial charge in [0.25, 0.3) is 0 Å². The second kappa shape index (κ2) is 8.00. The molecule has 1 aromatic carbocycles. The minimum absolute atomic E-state index is 0.0948. The van der Waals surface area contributed by atoms with Crippen LogP contribution in [0.2, 0.25) is 0 Å². The van der Waals surface area contributed by atoms with E-state index in [9.17, 15) is 5.11 Å². The third kappa shape index (κ3) is 3.80. The van der Waals surface area contributed by atoms with Gasteiger partial charge in [0, 0.05) is 30.2 Å². The Kier molecular flexibility index (Phi) is 5.30. The van der Waals surface area contributed by atoms with Crippen molar-refractivity contribution < 1.29 is 5.11 Å². The van der Waals surface area contributed by atoms with Gasteiger partial charge >= 0.3 is 0 Å². The maximum Gasteiger partial charge on any atom is 0.143 e. The van der Waals surface area contributed by atoms with Gasteiger partial charge in [0.05, 0.1) is 6.61 Å². The van der Waals surface area contributed by atoms with E-state index < -0.39 is 0 Å². The van der Waals surface area contributed by atoms with Gasteiger partial charge in [-0.3, -0.25) is 0 Å². The minimum atomic E-state index is 0.0948. The van der Waals surface area contributed by atoms with Gasteiger partial charge in [0.1, 0.15) is 12.0 Å². The molecule has 4 heteroatoms. The molecule has 4 rings (SSSR count). The summed E-state index contributed by atoms with van der Waals surface area (Å²) >= 11 is 0. The number of rotatable bonds is 6. The fraction of sp³-hybridized carbons (Fsp3) is 0.455. The number of aliphatic hydroxyl groups is 1. The molecule has 4 nitrogen and oxygen atoms in total. The summed E-state index contributed by atoms with van der Waals surface area (Å²) in [6, 6.07) is 10.5. The molecule has 0 spiro atoms. The molecule has 26 heavy (non-hydrogen) atoms. The topological polar surface area (TPSA) is 50.9 Å². The van der Waals surface area contributed by atoms with Crippen LogP contribution >= 0.6 is 0 Å². The fourth-order valence-corrected chi connectivity index (χ4v) is 4.21. The van der Waals surface area contributed by atoms with Crippen LogP contribution in [-0.4, -0.2) is 19.6 Å². The lowest BCUT2D eigenvalue weighted by Gasteiger charge is -2.22. The summed E-state index contributed by atoms with van der Waals surface area (Å²) < 4.78 is 2.39. The maximum atomic E-state index is 9.23. The summed E-state index contributed by atoms with van der Waals surface area (Å²) in [4.78, 5) is 8.75. The number of aliphatic hydroxyl groups excluding tert-OH is 1. The van der Waals surface area contributed by atoms with E-state index in [0.717, 1.165) is 35.5 Å². The zero-order valence-corrected chi connectivity index (χ0v) is 15.3. The normalized spacial score (nSPS) is 15.6. The molecule has 1 saturated carbocycles. The zero-order valence-electron chi connectivity index (χ0n) is 15.3. The van der Waals surface area contributed by atoms with Crippen molar-refractivity contribution >= 4 is 11.0 Å². The van der Waals surface area contributed by atoms with Crippen LogP contribution in [0.1, 0.15) is 55.3 Å². The van der Waals surface area contributed by atoms with Crippen molar-refractivity contribution in [1.82, 2.24) is 14.5 Å². The molecule has 0 bridgehead atoms. The van der Waals surface area contributed by atoms with E-state index in [4.69, 9.17) is 0 Å². The highest BCUT2D eigenvalue weighted by atomic mass is 16.3. The molecule has 1 N–H and O–H groups in total. The van der Waals surface area contributed by atoms with Gasteiger partial charge < -0.3 is 9.67 Å². The number of aromatic nitrogens is 3. The van der Waals surface area contributed by atoms with Crippen LogP contribution in [0.5, 0.6) is 0 Å². The molecule has 2 heterocycles. The molecule has 1 aliphatic rings. The van der Waals surface area contributed by atoms with E-state index >= 15 is 0 Å². The molecule has 136 valence electrons. The summed E-state index contributed by atoms with van der Waals surface area (Å²) in [5, 5.41) is 10.4. The van der Waals surface area contributed by atoms with Crippen molar-refractivity contribution in [3.63, 3.8) is 0 Å². The molecule has 1 aliphatic carbocycles.